The first-order valence-electron chi connectivity index (χ1n) is 11.2. The Bertz CT molecular complexity index is 1270. The largest absolute Gasteiger partial charge is 0.573 e. The Hall–Kier alpha value is -3.78. The van der Waals surface area contributed by atoms with Crippen LogP contribution < -0.4 is 26.8 Å². The molecule has 1 saturated heterocycles. The van der Waals surface area contributed by atoms with Gasteiger partial charge in [0.2, 0.25) is 5.91 Å². The van der Waals surface area contributed by atoms with Gasteiger partial charge < -0.3 is 31.4 Å². The van der Waals surface area contributed by atoms with Crippen molar-refractivity contribution in [3.8, 4) is 16.9 Å². The number of hydrogen-bond donors (Lipinski definition) is 4. The minimum Gasteiger partial charge on any atom is -0.406 e. The van der Waals surface area contributed by atoms with Gasteiger partial charge in [-0.3, -0.25) is 14.5 Å². The van der Waals surface area contributed by atoms with Crippen LogP contribution in [0.1, 0.15) is 27.4 Å². The normalized spacial score (nSPS) is 16.1. The lowest BCUT2D eigenvalue weighted by atomic mass is 10.1. The monoisotopic (exact) mass is 538 g/mol. The molecule has 0 aliphatic carbocycles. The Morgan fingerprint density at radius 2 is 2.08 bits per heavy atom. The molecule has 2 aromatic heterocycles. The molecule has 0 radical (unpaired) electrons. The van der Waals surface area contributed by atoms with Crippen LogP contribution in [0.25, 0.3) is 11.1 Å². The van der Waals surface area contributed by atoms with E-state index in [9.17, 15) is 22.8 Å². The van der Waals surface area contributed by atoms with E-state index in [0.29, 0.717) is 24.7 Å². The molecule has 1 aromatic carbocycles. The number of benzene rings is 1. The number of ether oxygens (including phenoxy) is 1. The lowest BCUT2D eigenvalue weighted by Crippen LogP contribution is -2.43. The molecule has 37 heavy (non-hydrogen) atoms. The number of nitrogen functional groups attached to an aromatic ring is 2. The Morgan fingerprint density at radius 1 is 1.30 bits per heavy atom. The predicted molar refractivity (Wildman–Crippen MR) is 131 cm³/mol. The quantitative estimate of drug-likeness (QED) is 0.320. The van der Waals surface area contributed by atoms with Gasteiger partial charge in [-0.15, -0.1) is 24.5 Å². The van der Waals surface area contributed by atoms with E-state index in [1.54, 1.807) is 18.3 Å². The van der Waals surface area contributed by atoms with Gasteiger partial charge in [0, 0.05) is 36.2 Å². The summed E-state index contributed by atoms with van der Waals surface area (Å²) in [6, 6.07) is 4.94. The predicted octanol–water partition coefficient (Wildman–Crippen LogP) is 2.90. The van der Waals surface area contributed by atoms with Crippen molar-refractivity contribution < 1.29 is 32.0 Å². The number of nitrogens with one attached hydrogen (secondary N) is 2. The number of nitrogens with zero attached hydrogens (tertiary/aromatic N) is 2. The first kappa shape index (κ1) is 26.3. The Kier molecular flexibility index (Phi) is 7.59. The van der Waals surface area contributed by atoms with E-state index in [-0.39, 0.29) is 23.8 Å². The van der Waals surface area contributed by atoms with Crippen molar-refractivity contribution in [1.82, 2.24) is 20.7 Å². The topological polar surface area (TPSA) is 149 Å². The second-order valence-electron chi connectivity index (χ2n) is 8.57. The summed E-state index contributed by atoms with van der Waals surface area (Å²) >= 11 is 1.60. The summed E-state index contributed by atoms with van der Waals surface area (Å²) < 4.78 is 46.3. The molecule has 1 aliphatic heterocycles. The lowest BCUT2D eigenvalue weighted by Gasteiger charge is -2.16. The third-order valence-corrected chi connectivity index (χ3v) is 6.68. The molecule has 0 saturated carbocycles. The van der Waals surface area contributed by atoms with Gasteiger partial charge in [-0.2, -0.15) is 0 Å². The van der Waals surface area contributed by atoms with Gasteiger partial charge in [-0.05, 0) is 48.6 Å². The van der Waals surface area contributed by atoms with Crippen LogP contribution >= 0.6 is 11.3 Å². The second kappa shape index (κ2) is 10.7. The molecule has 1 fully saturated rings. The Morgan fingerprint density at radius 3 is 2.78 bits per heavy atom. The first-order chi connectivity index (χ1) is 17.5. The fourth-order valence-corrected chi connectivity index (χ4v) is 5.03. The summed E-state index contributed by atoms with van der Waals surface area (Å²) in [6.07, 6.45) is -4.17. The Balaban J connectivity index is 1.25. The molecule has 4 rings (SSSR count). The van der Waals surface area contributed by atoms with Crippen molar-refractivity contribution in [2.45, 2.75) is 32.3 Å². The van der Waals surface area contributed by atoms with Crippen molar-refractivity contribution in [3.05, 3.63) is 45.8 Å². The fourth-order valence-electron chi connectivity index (χ4n) is 4.11. The first-order valence-corrected chi connectivity index (χ1v) is 12.1. The molecule has 2 amide bonds. The number of likely N-dealkylation sites (tertiary alicyclic amines) is 1. The number of aryl methyl sites for hydroxylation is 1. The van der Waals surface area contributed by atoms with Crippen molar-refractivity contribution in [3.63, 3.8) is 0 Å². The molecule has 3 heterocycles. The molecule has 198 valence electrons. The van der Waals surface area contributed by atoms with Crippen LogP contribution in [0.15, 0.2) is 34.2 Å². The number of thiophene rings is 1. The van der Waals surface area contributed by atoms with Crippen LogP contribution in [-0.2, 0) is 11.3 Å². The highest BCUT2D eigenvalue weighted by Gasteiger charge is 2.31. The number of alkyl halides is 3. The van der Waals surface area contributed by atoms with Crippen molar-refractivity contribution >= 4 is 34.7 Å². The maximum absolute atomic E-state index is 12.4. The van der Waals surface area contributed by atoms with Gasteiger partial charge in [0.15, 0.2) is 5.82 Å². The number of rotatable bonds is 8. The number of amides is 2. The third kappa shape index (κ3) is 6.71. The molecule has 0 spiro atoms. The van der Waals surface area contributed by atoms with Gasteiger partial charge >= 0.3 is 6.36 Å². The highest BCUT2D eigenvalue weighted by molar-refractivity contribution is 7.10. The van der Waals surface area contributed by atoms with Crippen LogP contribution in [0, 0.1) is 6.92 Å². The van der Waals surface area contributed by atoms with Crippen molar-refractivity contribution in [2.24, 2.45) is 0 Å². The number of carbonyl (C=O) groups is 2. The van der Waals surface area contributed by atoms with Gasteiger partial charge in [0.05, 0.1) is 17.7 Å². The van der Waals surface area contributed by atoms with E-state index in [1.807, 2.05) is 11.4 Å². The van der Waals surface area contributed by atoms with E-state index >= 15 is 0 Å². The molecule has 14 heteroatoms. The average molecular weight is 539 g/mol. The Labute approximate surface area is 213 Å². The molecule has 10 nitrogen and oxygen atoms in total. The van der Waals surface area contributed by atoms with Crippen molar-refractivity contribution in [1.29, 1.82) is 0 Å². The second-order valence-corrected chi connectivity index (χ2v) is 9.56. The molecular weight excluding hydrogens is 513 g/mol. The third-order valence-electron chi connectivity index (χ3n) is 5.76. The smallest absolute Gasteiger partial charge is 0.406 e. The van der Waals surface area contributed by atoms with E-state index in [2.05, 4.69) is 25.4 Å². The highest BCUT2D eigenvalue weighted by Crippen LogP contribution is 2.33. The summed E-state index contributed by atoms with van der Waals surface area (Å²) in [5.74, 6) is -0.783. The zero-order chi connectivity index (χ0) is 26.7. The van der Waals surface area contributed by atoms with Crippen LogP contribution in [0.2, 0.25) is 0 Å². The summed E-state index contributed by atoms with van der Waals surface area (Å²) in [5.41, 5.74) is 13.1. The number of aromatic nitrogens is 1. The van der Waals surface area contributed by atoms with Gasteiger partial charge in [-0.1, -0.05) is 5.16 Å². The standard InChI is InChI=1S/C23H25F3N6O4S/c1-12-20(21(28)31-36-12)13-6-16(37-11-13)10-32-5-4-14(9-32)30-19(33)8-29-22(34)17-7-15(2-3-18(17)27)35-23(24,25)26/h2-3,6-7,11,14H,4-5,8-10,27H2,1H3,(H2,28,31)(H,29,34)(H,30,33)/t14-/m1/s1. The summed E-state index contributed by atoms with van der Waals surface area (Å²) in [7, 11) is 0. The number of carbonyl (C=O) groups excluding carboxylic acids is 2. The summed E-state index contributed by atoms with van der Waals surface area (Å²) in [4.78, 5) is 28.1. The molecule has 0 unspecified atom stereocenters. The number of anilines is 2. The highest BCUT2D eigenvalue weighted by atomic mass is 32.1. The fraction of sp³-hybridized carbons (Fsp3) is 0.348. The number of halogens is 3. The minimum absolute atomic E-state index is 0.0440. The van der Waals surface area contributed by atoms with E-state index in [1.165, 1.54) is 0 Å². The SMILES string of the molecule is Cc1onc(N)c1-c1csc(CN2CC[C@@H](NC(=O)CNC(=O)c3cc(OC(F)(F)F)ccc3N)C2)c1. The number of hydrogen-bond acceptors (Lipinski definition) is 9. The van der Waals surface area contributed by atoms with Gasteiger partial charge in [-0.25, -0.2) is 0 Å². The summed E-state index contributed by atoms with van der Waals surface area (Å²) in [6.45, 7) is 3.56. The average Bonchev–Trinajstić information content (AvgIpc) is 3.53. The van der Waals surface area contributed by atoms with Crippen LogP contribution in [0.5, 0.6) is 5.75 Å². The molecule has 1 atom stereocenters. The molecule has 3 aromatic rings. The zero-order valence-corrected chi connectivity index (χ0v) is 20.5. The summed E-state index contributed by atoms with van der Waals surface area (Å²) in [5, 5.41) is 11.0. The number of nitrogens with two attached hydrogens (primary N) is 2. The van der Waals surface area contributed by atoms with Crippen LogP contribution in [0.3, 0.4) is 0 Å². The minimum atomic E-state index is -4.91. The lowest BCUT2D eigenvalue weighted by molar-refractivity contribution is -0.274. The molecule has 1 aliphatic rings. The molecule has 0 bridgehead atoms. The van der Waals surface area contributed by atoms with Crippen LogP contribution in [0.4, 0.5) is 24.7 Å². The zero-order valence-electron chi connectivity index (χ0n) is 19.7. The maximum atomic E-state index is 12.4. The maximum Gasteiger partial charge on any atom is 0.573 e. The van der Waals surface area contributed by atoms with E-state index in [4.69, 9.17) is 16.0 Å². The molecular formula is C23H25F3N6O4S. The van der Waals surface area contributed by atoms with E-state index in [0.717, 1.165) is 47.2 Å². The van der Waals surface area contributed by atoms with Crippen LogP contribution in [-0.4, -0.2) is 53.9 Å². The van der Waals surface area contributed by atoms with Gasteiger partial charge in [0.25, 0.3) is 5.91 Å². The molecule has 6 N–H and O–H groups in total. The van der Waals surface area contributed by atoms with E-state index < -0.39 is 23.9 Å². The van der Waals surface area contributed by atoms with Crippen molar-refractivity contribution in [2.75, 3.05) is 31.1 Å². The van der Waals surface area contributed by atoms with Gasteiger partial charge in [0.1, 0.15) is 11.5 Å².